The molecular formula is C40H49N3O5. The number of aromatic hydroxyl groups is 1. The zero-order chi connectivity index (χ0) is 34.5. The first-order chi connectivity index (χ1) is 23.0. The summed E-state index contributed by atoms with van der Waals surface area (Å²) in [6, 6.07) is 27.4. The normalized spacial score (nSPS) is 12.6. The summed E-state index contributed by atoms with van der Waals surface area (Å²) in [5, 5.41) is 18.0. The monoisotopic (exact) mass is 651 g/mol. The summed E-state index contributed by atoms with van der Waals surface area (Å²) in [4.78, 5) is 43.8. The van der Waals surface area contributed by atoms with E-state index in [0.717, 1.165) is 48.4 Å². The predicted molar refractivity (Wildman–Crippen MR) is 192 cm³/mol. The number of anilines is 1. The molecule has 0 bridgehead atoms. The summed E-state index contributed by atoms with van der Waals surface area (Å²) in [6.07, 6.45) is 5.46. The molecule has 0 spiro atoms. The van der Waals surface area contributed by atoms with Crippen LogP contribution in [-0.2, 0) is 20.7 Å². The third kappa shape index (κ3) is 10.9. The van der Waals surface area contributed by atoms with Crippen LogP contribution in [0.4, 0.5) is 10.5 Å². The minimum atomic E-state index is -1.04. The Morgan fingerprint density at radius 3 is 2.12 bits per heavy atom. The third-order valence-electron chi connectivity index (χ3n) is 8.09. The van der Waals surface area contributed by atoms with Gasteiger partial charge in [-0.15, -0.1) is 0 Å². The number of amides is 3. The summed E-state index contributed by atoms with van der Waals surface area (Å²) in [5.74, 6) is -0.745. The van der Waals surface area contributed by atoms with Gasteiger partial charge in [-0.25, -0.2) is 4.79 Å². The molecule has 0 saturated heterocycles. The van der Waals surface area contributed by atoms with E-state index < -0.39 is 35.6 Å². The molecule has 0 aliphatic heterocycles. The summed E-state index contributed by atoms with van der Waals surface area (Å²) >= 11 is 0. The average molecular weight is 652 g/mol. The number of fused-ring (bicyclic) bond motifs is 1. The quantitative estimate of drug-likeness (QED) is 0.112. The molecule has 0 aliphatic rings. The molecule has 8 nitrogen and oxygen atoms in total. The fourth-order valence-corrected chi connectivity index (χ4v) is 5.74. The number of hydrogen-bond donors (Lipinski definition) is 3. The summed E-state index contributed by atoms with van der Waals surface area (Å²) < 4.78 is 5.56. The molecule has 0 heterocycles. The Morgan fingerprint density at radius 2 is 1.44 bits per heavy atom. The molecule has 254 valence electrons. The molecule has 0 aromatic heterocycles. The van der Waals surface area contributed by atoms with Crippen molar-refractivity contribution in [3.63, 3.8) is 0 Å². The van der Waals surface area contributed by atoms with E-state index in [2.05, 4.69) is 17.6 Å². The maximum absolute atomic E-state index is 14.8. The number of alkyl carbamates (subject to hydrolysis) is 1. The van der Waals surface area contributed by atoms with E-state index in [9.17, 15) is 19.5 Å². The number of phenols is 1. The van der Waals surface area contributed by atoms with Gasteiger partial charge in [0.25, 0.3) is 5.91 Å². The van der Waals surface area contributed by atoms with Gasteiger partial charge in [-0.05, 0) is 73.4 Å². The Morgan fingerprint density at radius 1 is 0.792 bits per heavy atom. The molecule has 0 radical (unpaired) electrons. The highest BCUT2D eigenvalue weighted by Crippen LogP contribution is 2.28. The number of unbranched alkanes of at least 4 members (excludes halogenated alkanes) is 5. The molecule has 4 aromatic carbocycles. The summed E-state index contributed by atoms with van der Waals surface area (Å²) in [5.41, 5.74) is 1.23. The Kier molecular flexibility index (Phi) is 13.0. The van der Waals surface area contributed by atoms with Crippen LogP contribution in [0.3, 0.4) is 0 Å². The van der Waals surface area contributed by atoms with Crippen molar-refractivity contribution >= 4 is 34.4 Å². The minimum Gasteiger partial charge on any atom is -0.508 e. The molecule has 2 unspecified atom stereocenters. The number of rotatable bonds is 15. The van der Waals surface area contributed by atoms with Gasteiger partial charge in [-0.3, -0.25) is 9.59 Å². The van der Waals surface area contributed by atoms with Crippen molar-refractivity contribution in [1.29, 1.82) is 0 Å². The van der Waals surface area contributed by atoms with Crippen molar-refractivity contribution in [2.45, 2.75) is 90.3 Å². The number of benzene rings is 4. The van der Waals surface area contributed by atoms with Crippen LogP contribution in [-0.4, -0.2) is 46.1 Å². The zero-order valence-corrected chi connectivity index (χ0v) is 28.6. The Balaban J connectivity index is 1.72. The molecule has 2 atom stereocenters. The molecular weight excluding hydrogens is 602 g/mol. The van der Waals surface area contributed by atoms with Crippen molar-refractivity contribution in [2.75, 3.05) is 11.9 Å². The molecule has 48 heavy (non-hydrogen) atoms. The molecule has 3 amide bonds. The van der Waals surface area contributed by atoms with Gasteiger partial charge in [0.15, 0.2) is 0 Å². The molecule has 0 aliphatic carbocycles. The first-order valence-electron chi connectivity index (χ1n) is 17.0. The van der Waals surface area contributed by atoms with Gasteiger partial charge in [-0.2, -0.15) is 0 Å². The first-order valence-corrected chi connectivity index (χ1v) is 17.0. The number of nitrogens with one attached hydrogen (secondary N) is 2. The predicted octanol–water partition coefficient (Wildman–Crippen LogP) is 8.55. The van der Waals surface area contributed by atoms with E-state index >= 15 is 0 Å². The van der Waals surface area contributed by atoms with Crippen molar-refractivity contribution in [3.05, 3.63) is 108 Å². The highest BCUT2D eigenvalue weighted by molar-refractivity contribution is 6.00. The second-order valence-corrected chi connectivity index (χ2v) is 13.2. The van der Waals surface area contributed by atoms with Gasteiger partial charge in [0.05, 0.1) is 0 Å². The van der Waals surface area contributed by atoms with Crippen LogP contribution in [0.2, 0.25) is 0 Å². The van der Waals surface area contributed by atoms with Gasteiger partial charge in [0.1, 0.15) is 23.4 Å². The highest BCUT2D eigenvalue weighted by Gasteiger charge is 2.36. The van der Waals surface area contributed by atoms with Gasteiger partial charge in [0.2, 0.25) is 5.91 Å². The van der Waals surface area contributed by atoms with E-state index in [-0.39, 0.29) is 12.2 Å². The second kappa shape index (κ2) is 17.3. The lowest BCUT2D eigenvalue weighted by Gasteiger charge is -2.34. The van der Waals surface area contributed by atoms with Crippen LogP contribution in [0.5, 0.6) is 5.75 Å². The van der Waals surface area contributed by atoms with Crippen molar-refractivity contribution in [1.82, 2.24) is 10.2 Å². The van der Waals surface area contributed by atoms with E-state index in [0.29, 0.717) is 24.2 Å². The van der Waals surface area contributed by atoms with Gasteiger partial charge < -0.3 is 25.4 Å². The van der Waals surface area contributed by atoms with Crippen LogP contribution < -0.4 is 10.6 Å². The summed E-state index contributed by atoms with van der Waals surface area (Å²) in [7, 11) is 0. The van der Waals surface area contributed by atoms with Crippen LogP contribution in [0.25, 0.3) is 10.8 Å². The third-order valence-corrected chi connectivity index (χ3v) is 8.09. The Bertz CT molecular complexity index is 1630. The second-order valence-electron chi connectivity index (χ2n) is 13.2. The molecule has 4 rings (SSSR count). The fourth-order valence-electron chi connectivity index (χ4n) is 5.74. The molecule has 3 N–H and O–H groups in total. The molecule has 8 heteroatoms. The highest BCUT2D eigenvalue weighted by atomic mass is 16.6. The van der Waals surface area contributed by atoms with Crippen LogP contribution >= 0.6 is 0 Å². The van der Waals surface area contributed by atoms with Crippen molar-refractivity contribution in [2.24, 2.45) is 0 Å². The lowest BCUT2D eigenvalue weighted by atomic mass is 9.99. The fraction of sp³-hybridized carbons (Fsp3) is 0.375. The van der Waals surface area contributed by atoms with E-state index in [1.165, 1.54) is 12.1 Å². The largest absolute Gasteiger partial charge is 0.508 e. The maximum atomic E-state index is 14.8. The van der Waals surface area contributed by atoms with Crippen molar-refractivity contribution < 1.29 is 24.2 Å². The minimum absolute atomic E-state index is 0.0507. The maximum Gasteiger partial charge on any atom is 0.408 e. The lowest BCUT2D eigenvalue weighted by molar-refractivity contribution is -0.140. The number of hydrogen-bond acceptors (Lipinski definition) is 5. The van der Waals surface area contributed by atoms with Gasteiger partial charge in [0, 0.05) is 18.7 Å². The zero-order valence-electron chi connectivity index (χ0n) is 28.6. The Labute approximate surface area is 284 Å². The van der Waals surface area contributed by atoms with Crippen LogP contribution in [0.1, 0.15) is 83.4 Å². The topological polar surface area (TPSA) is 108 Å². The number of phenolic OH excluding ortho intramolecular Hbond substituents is 1. The summed E-state index contributed by atoms with van der Waals surface area (Å²) in [6.45, 7) is 7.76. The van der Waals surface area contributed by atoms with Crippen LogP contribution in [0.15, 0.2) is 97.1 Å². The lowest BCUT2D eigenvalue weighted by Crippen LogP contribution is -2.53. The van der Waals surface area contributed by atoms with Gasteiger partial charge in [-0.1, -0.05) is 112 Å². The van der Waals surface area contributed by atoms with Crippen LogP contribution in [0, 0.1) is 0 Å². The number of nitrogens with zero attached hydrogens (tertiary/aromatic N) is 1. The first kappa shape index (κ1) is 36.0. The van der Waals surface area contributed by atoms with E-state index in [4.69, 9.17) is 4.74 Å². The number of ether oxygens (including phenoxy) is 1. The van der Waals surface area contributed by atoms with E-state index in [1.54, 1.807) is 37.8 Å². The SMILES string of the molecule is CCCCCCCCN(C(=O)C(Cc1ccccc1)NC(=O)OC(C)(C)C)C(C(=O)Nc1ccc2ccccc2c1)c1ccc(O)cc1. The molecule has 4 aromatic rings. The smallest absolute Gasteiger partial charge is 0.408 e. The average Bonchev–Trinajstić information content (AvgIpc) is 3.05. The number of carbonyl (C=O) groups is 3. The Hall–Kier alpha value is -4.85. The van der Waals surface area contributed by atoms with E-state index in [1.807, 2.05) is 72.8 Å². The van der Waals surface area contributed by atoms with Gasteiger partial charge >= 0.3 is 6.09 Å². The molecule has 0 fully saturated rings. The van der Waals surface area contributed by atoms with Crippen molar-refractivity contribution in [3.8, 4) is 5.75 Å². The number of carbonyl (C=O) groups excluding carboxylic acids is 3. The standard InChI is InChI=1S/C40H49N3O5/c1-5-6-7-8-9-15-26-43(38(46)35(27-29-16-11-10-12-17-29)42-39(47)48-40(2,3)4)36(31-21-24-34(44)25-22-31)37(45)41-33-23-20-30-18-13-14-19-32(30)28-33/h10-14,16-25,28,35-36,44H,5-9,15,26-27H2,1-4H3,(H,41,45)(H,42,47). The molecule has 0 saturated carbocycles.